The van der Waals surface area contributed by atoms with Gasteiger partial charge in [-0.15, -0.1) is 0 Å². The number of nitrogens with zero attached hydrogens (tertiary/aromatic N) is 1. The molecule has 2 amide bonds. The maximum atomic E-state index is 13.5. The number of benzene rings is 1. The van der Waals surface area contributed by atoms with E-state index in [-0.39, 0.29) is 5.56 Å². The van der Waals surface area contributed by atoms with Crippen LogP contribution in [-0.2, 0) is 9.59 Å². The fraction of sp³-hybridized carbons (Fsp3) is 0.167. The fourth-order valence-corrected chi connectivity index (χ4v) is 1.77. The summed E-state index contributed by atoms with van der Waals surface area (Å²) in [5.74, 6) is -2.46. The molecule has 0 aromatic heterocycles. The second-order valence-corrected chi connectivity index (χ2v) is 3.72. The monoisotopic (exact) mass is 237 g/mol. The zero-order valence-electron chi connectivity index (χ0n) is 8.98. The summed E-state index contributed by atoms with van der Waals surface area (Å²) in [6, 6.07) is 2.29. The van der Waals surface area contributed by atoms with Gasteiger partial charge in [0, 0.05) is 23.8 Å². The molecule has 0 fully saturated rings. The normalized spacial score (nSPS) is 16.8. The van der Waals surface area contributed by atoms with E-state index in [0.717, 1.165) is 29.2 Å². The number of rotatable bonds is 2. The first-order valence-corrected chi connectivity index (χ1v) is 5.01. The molecule has 5 heteroatoms. The molecule has 0 bridgehead atoms. The van der Waals surface area contributed by atoms with E-state index in [1.165, 1.54) is 13.0 Å². The SMILES string of the molecule is C[C@H](c1ccc(F)cc1F)N1C(=O)C=CC1=O. The number of carbonyl (C=O) groups excluding carboxylic acids is 2. The molecule has 0 unspecified atom stereocenters. The molecule has 1 atom stereocenters. The fourth-order valence-electron chi connectivity index (χ4n) is 1.77. The van der Waals surface area contributed by atoms with Gasteiger partial charge in [0.25, 0.3) is 11.8 Å². The lowest BCUT2D eigenvalue weighted by Gasteiger charge is -2.23. The summed E-state index contributed by atoms with van der Waals surface area (Å²) in [4.78, 5) is 23.7. The number of hydrogen-bond donors (Lipinski definition) is 0. The molecule has 0 saturated heterocycles. The Hall–Kier alpha value is -2.04. The van der Waals surface area contributed by atoms with Gasteiger partial charge in [-0.3, -0.25) is 14.5 Å². The molecule has 0 saturated carbocycles. The van der Waals surface area contributed by atoms with Gasteiger partial charge in [0.05, 0.1) is 6.04 Å². The quantitative estimate of drug-likeness (QED) is 0.737. The van der Waals surface area contributed by atoms with E-state index in [1.807, 2.05) is 0 Å². The molecule has 0 aliphatic carbocycles. The van der Waals surface area contributed by atoms with E-state index in [2.05, 4.69) is 0 Å². The van der Waals surface area contributed by atoms with Gasteiger partial charge in [-0.2, -0.15) is 0 Å². The van der Waals surface area contributed by atoms with Gasteiger partial charge >= 0.3 is 0 Å². The second kappa shape index (κ2) is 4.08. The minimum atomic E-state index is -0.773. The van der Waals surface area contributed by atoms with Crippen molar-refractivity contribution < 1.29 is 18.4 Å². The molecular weight excluding hydrogens is 228 g/mol. The van der Waals surface area contributed by atoms with Crippen molar-refractivity contribution in [1.29, 1.82) is 0 Å². The molecule has 0 radical (unpaired) electrons. The molecule has 1 heterocycles. The third kappa shape index (κ3) is 1.95. The Bertz CT molecular complexity index is 507. The largest absolute Gasteiger partial charge is 0.269 e. The van der Waals surface area contributed by atoms with Crippen LogP contribution in [0.4, 0.5) is 8.78 Å². The number of hydrogen-bond acceptors (Lipinski definition) is 2. The van der Waals surface area contributed by atoms with E-state index in [9.17, 15) is 18.4 Å². The van der Waals surface area contributed by atoms with Gasteiger partial charge in [0.1, 0.15) is 11.6 Å². The maximum Gasteiger partial charge on any atom is 0.254 e. The summed E-state index contributed by atoms with van der Waals surface area (Å²) in [6.45, 7) is 1.51. The number of halogens is 2. The summed E-state index contributed by atoms with van der Waals surface area (Å²) in [5.41, 5.74) is 0.108. The predicted molar refractivity (Wildman–Crippen MR) is 55.8 cm³/mol. The van der Waals surface area contributed by atoms with Crippen molar-refractivity contribution in [1.82, 2.24) is 4.90 Å². The van der Waals surface area contributed by atoms with Crippen molar-refractivity contribution in [2.24, 2.45) is 0 Å². The predicted octanol–water partition coefficient (Wildman–Crippen LogP) is 1.95. The zero-order valence-corrected chi connectivity index (χ0v) is 8.98. The van der Waals surface area contributed by atoms with E-state index >= 15 is 0 Å². The van der Waals surface area contributed by atoms with Crippen LogP contribution >= 0.6 is 0 Å². The lowest BCUT2D eigenvalue weighted by Crippen LogP contribution is -2.33. The van der Waals surface area contributed by atoms with Crippen molar-refractivity contribution in [3.63, 3.8) is 0 Å². The molecule has 1 aliphatic heterocycles. The standard InChI is InChI=1S/C12H9F2NO2/c1-7(15-11(16)4-5-12(15)17)9-3-2-8(13)6-10(9)14/h2-7H,1H3/t7-/m1/s1. The van der Waals surface area contributed by atoms with Crippen molar-refractivity contribution in [3.8, 4) is 0 Å². The van der Waals surface area contributed by atoms with E-state index < -0.39 is 29.5 Å². The van der Waals surface area contributed by atoms with Crippen molar-refractivity contribution >= 4 is 11.8 Å². The number of amides is 2. The topological polar surface area (TPSA) is 37.4 Å². The van der Waals surface area contributed by atoms with Crippen LogP contribution in [0.15, 0.2) is 30.4 Å². The smallest absolute Gasteiger partial charge is 0.254 e. The second-order valence-electron chi connectivity index (χ2n) is 3.72. The molecular formula is C12H9F2NO2. The number of imide groups is 1. The van der Waals surface area contributed by atoms with Crippen LogP contribution in [0.5, 0.6) is 0 Å². The Morgan fingerprint density at radius 1 is 1.12 bits per heavy atom. The first-order valence-electron chi connectivity index (χ1n) is 5.01. The first kappa shape index (κ1) is 11.4. The summed E-state index contributed by atoms with van der Waals surface area (Å²) < 4.78 is 26.2. The average Bonchev–Trinajstić information content (AvgIpc) is 2.58. The van der Waals surface area contributed by atoms with Crippen LogP contribution in [0, 0.1) is 11.6 Å². The van der Waals surface area contributed by atoms with Crippen molar-refractivity contribution in [3.05, 3.63) is 47.5 Å². The van der Waals surface area contributed by atoms with Gasteiger partial charge in [-0.1, -0.05) is 6.07 Å². The molecule has 17 heavy (non-hydrogen) atoms. The van der Waals surface area contributed by atoms with Crippen molar-refractivity contribution in [2.45, 2.75) is 13.0 Å². The number of carbonyl (C=O) groups is 2. The molecule has 1 aliphatic rings. The Labute approximate surface area is 96.3 Å². The van der Waals surface area contributed by atoms with Gasteiger partial charge in [-0.25, -0.2) is 8.78 Å². The van der Waals surface area contributed by atoms with Crippen LogP contribution in [0.1, 0.15) is 18.5 Å². The van der Waals surface area contributed by atoms with Crippen LogP contribution in [-0.4, -0.2) is 16.7 Å². The highest BCUT2D eigenvalue weighted by Gasteiger charge is 2.30. The highest BCUT2D eigenvalue weighted by Crippen LogP contribution is 2.26. The average molecular weight is 237 g/mol. The minimum absolute atomic E-state index is 0.108. The van der Waals surface area contributed by atoms with E-state index in [0.29, 0.717) is 0 Å². The highest BCUT2D eigenvalue weighted by molar-refractivity contribution is 6.13. The Morgan fingerprint density at radius 2 is 1.71 bits per heavy atom. The molecule has 0 N–H and O–H groups in total. The van der Waals surface area contributed by atoms with Crippen LogP contribution in [0.25, 0.3) is 0 Å². The van der Waals surface area contributed by atoms with Crippen molar-refractivity contribution in [2.75, 3.05) is 0 Å². The summed E-state index contributed by atoms with van der Waals surface area (Å²) in [5, 5.41) is 0. The lowest BCUT2D eigenvalue weighted by atomic mass is 10.1. The van der Waals surface area contributed by atoms with Gasteiger partial charge < -0.3 is 0 Å². The minimum Gasteiger partial charge on any atom is -0.269 e. The van der Waals surface area contributed by atoms with Crippen LogP contribution in [0.2, 0.25) is 0 Å². The van der Waals surface area contributed by atoms with Gasteiger partial charge in [0.15, 0.2) is 0 Å². The molecule has 3 nitrogen and oxygen atoms in total. The maximum absolute atomic E-state index is 13.5. The summed E-state index contributed by atoms with van der Waals surface area (Å²) in [7, 11) is 0. The van der Waals surface area contributed by atoms with Gasteiger partial charge in [0.2, 0.25) is 0 Å². The third-order valence-electron chi connectivity index (χ3n) is 2.64. The Morgan fingerprint density at radius 3 is 2.24 bits per heavy atom. The van der Waals surface area contributed by atoms with Crippen LogP contribution in [0.3, 0.4) is 0 Å². The zero-order chi connectivity index (χ0) is 12.6. The molecule has 1 aromatic carbocycles. The Balaban J connectivity index is 2.34. The molecule has 2 rings (SSSR count). The summed E-state index contributed by atoms with van der Waals surface area (Å²) in [6.07, 6.45) is 2.25. The van der Waals surface area contributed by atoms with E-state index in [4.69, 9.17) is 0 Å². The van der Waals surface area contributed by atoms with E-state index in [1.54, 1.807) is 0 Å². The summed E-state index contributed by atoms with van der Waals surface area (Å²) >= 11 is 0. The molecule has 88 valence electrons. The lowest BCUT2D eigenvalue weighted by molar-refractivity contribution is -0.139. The molecule has 0 spiro atoms. The Kier molecular flexibility index (Phi) is 2.75. The first-order chi connectivity index (χ1) is 8.00. The van der Waals surface area contributed by atoms with Crippen LogP contribution < -0.4 is 0 Å². The molecule has 1 aromatic rings. The third-order valence-corrected chi connectivity index (χ3v) is 2.64. The van der Waals surface area contributed by atoms with Gasteiger partial charge in [-0.05, 0) is 13.0 Å². The highest BCUT2D eigenvalue weighted by atomic mass is 19.1.